The van der Waals surface area contributed by atoms with Crippen LogP contribution in [0.15, 0.2) is 4.99 Å². The van der Waals surface area contributed by atoms with E-state index in [1.54, 1.807) is 0 Å². The lowest BCUT2D eigenvalue weighted by atomic mass is 10.0. The Labute approximate surface area is 263 Å². The Morgan fingerprint density at radius 1 is 0.548 bits per heavy atom. The average molecular weight is 594 g/mol. The van der Waals surface area contributed by atoms with Gasteiger partial charge in [0, 0.05) is 12.6 Å². The largest absolute Gasteiger partial charge is 0.460 e. The van der Waals surface area contributed by atoms with E-state index in [1.165, 1.54) is 173 Å². The molecule has 0 bridgehead atoms. The van der Waals surface area contributed by atoms with Crippen LogP contribution in [-0.4, -0.2) is 36.5 Å². The smallest absolute Gasteiger partial charge is 0.306 e. The van der Waals surface area contributed by atoms with Crippen molar-refractivity contribution >= 4 is 12.2 Å². The van der Waals surface area contributed by atoms with Crippen molar-refractivity contribution < 1.29 is 14.6 Å². The molecule has 4 heteroatoms. The molecule has 0 fully saturated rings. The van der Waals surface area contributed by atoms with Crippen molar-refractivity contribution in [3.8, 4) is 0 Å². The number of nitrogens with zero attached hydrogens (tertiary/aromatic N) is 1. The van der Waals surface area contributed by atoms with Crippen molar-refractivity contribution in [3.63, 3.8) is 0 Å². The van der Waals surface area contributed by atoms with E-state index in [2.05, 4.69) is 18.8 Å². The Morgan fingerprint density at radius 3 is 1.24 bits per heavy atom. The number of hydrogen-bond donors (Lipinski definition) is 1. The molecule has 0 rings (SSSR count). The third-order valence-corrected chi connectivity index (χ3v) is 8.68. The number of carbonyl (C=O) groups excluding carboxylic acids is 1. The number of rotatable bonds is 35. The molecule has 1 unspecified atom stereocenters. The minimum absolute atomic E-state index is 0.0569. The first-order chi connectivity index (χ1) is 20.7. The van der Waals surface area contributed by atoms with E-state index >= 15 is 0 Å². The van der Waals surface area contributed by atoms with Crippen LogP contribution < -0.4 is 0 Å². The lowest BCUT2D eigenvalue weighted by molar-refractivity contribution is -0.149. The zero-order chi connectivity index (χ0) is 30.6. The predicted octanol–water partition coefficient (Wildman–Crippen LogP) is 12.1. The lowest BCUT2D eigenvalue weighted by Crippen LogP contribution is -2.21. The molecule has 0 saturated heterocycles. The van der Waals surface area contributed by atoms with Crippen LogP contribution in [0.1, 0.15) is 213 Å². The molecule has 1 N–H and O–H groups in total. The summed E-state index contributed by atoms with van der Waals surface area (Å²) in [5.41, 5.74) is 0. The Bertz CT molecular complexity index is 550. The lowest BCUT2D eigenvalue weighted by Gasteiger charge is -2.16. The Kier molecular flexibility index (Phi) is 35.5. The normalized spacial score (nSPS) is 12.4. The van der Waals surface area contributed by atoms with Gasteiger partial charge in [0.25, 0.3) is 0 Å². The van der Waals surface area contributed by atoms with E-state index in [1.807, 2.05) is 0 Å². The average Bonchev–Trinajstić information content (AvgIpc) is 2.99. The van der Waals surface area contributed by atoms with Gasteiger partial charge in [-0.2, -0.15) is 0 Å². The van der Waals surface area contributed by atoms with E-state index in [4.69, 9.17) is 9.84 Å². The molecule has 0 spiro atoms. The van der Waals surface area contributed by atoms with Crippen molar-refractivity contribution in [2.75, 3.05) is 13.2 Å². The van der Waals surface area contributed by atoms with E-state index < -0.39 is 0 Å². The van der Waals surface area contributed by atoms with Gasteiger partial charge in [-0.1, -0.05) is 187 Å². The van der Waals surface area contributed by atoms with Gasteiger partial charge in [-0.3, -0.25) is 9.79 Å². The number of esters is 1. The third kappa shape index (κ3) is 33.6. The number of unbranched alkanes of at least 4 members (excludes halogenated alkanes) is 27. The molecule has 0 aliphatic heterocycles. The van der Waals surface area contributed by atoms with Gasteiger partial charge < -0.3 is 9.84 Å². The van der Waals surface area contributed by atoms with E-state index in [0.717, 1.165) is 25.7 Å². The molecule has 0 heterocycles. The first-order valence-electron chi connectivity index (χ1n) is 19.0. The fraction of sp³-hybridized carbons (Fsp3) is 0.947. The molecular weight excluding hydrogens is 518 g/mol. The SMILES string of the molecule is CCCCCCCCCCCCCCCCCC(=O)OC(CCCCCCCCCCCCCCCC)CN=CCO. The number of aliphatic imine (C=N–C) groups is 1. The minimum Gasteiger partial charge on any atom is -0.460 e. The molecule has 0 aromatic rings. The van der Waals surface area contributed by atoms with Gasteiger partial charge in [-0.05, 0) is 19.3 Å². The second-order valence-electron chi connectivity index (χ2n) is 12.9. The molecular formula is C38H75NO3. The van der Waals surface area contributed by atoms with E-state index in [9.17, 15) is 4.79 Å². The highest BCUT2D eigenvalue weighted by atomic mass is 16.5. The van der Waals surface area contributed by atoms with Crippen molar-refractivity contribution in [1.82, 2.24) is 0 Å². The topological polar surface area (TPSA) is 58.9 Å². The molecule has 0 aromatic carbocycles. The quantitative estimate of drug-likeness (QED) is 0.0451. The molecule has 0 aliphatic carbocycles. The van der Waals surface area contributed by atoms with Crippen LogP contribution in [0.5, 0.6) is 0 Å². The fourth-order valence-electron chi connectivity index (χ4n) is 5.89. The summed E-state index contributed by atoms with van der Waals surface area (Å²) in [6.45, 7) is 4.98. The highest BCUT2D eigenvalue weighted by molar-refractivity contribution is 5.69. The van der Waals surface area contributed by atoms with Crippen LogP contribution >= 0.6 is 0 Å². The zero-order valence-corrected chi connectivity index (χ0v) is 28.7. The van der Waals surface area contributed by atoms with Gasteiger partial charge >= 0.3 is 5.97 Å². The van der Waals surface area contributed by atoms with Crippen molar-refractivity contribution in [2.24, 2.45) is 4.99 Å². The van der Waals surface area contributed by atoms with Gasteiger partial charge in [0.15, 0.2) is 0 Å². The molecule has 0 radical (unpaired) electrons. The zero-order valence-electron chi connectivity index (χ0n) is 28.7. The molecule has 250 valence electrons. The maximum Gasteiger partial charge on any atom is 0.306 e. The summed E-state index contributed by atoms with van der Waals surface area (Å²) in [5, 5.41) is 9.01. The monoisotopic (exact) mass is 594 g/mol. The van der Waals surface area contributed by atoms with Crippen LogP contribution in [0.4, 0.5) is 0 Å². The molecule has 0 saturated carbocycles. The third-order valence-electron chi connectivity index (χ3n) is 8.68. The Balaban J connectivity index is 3.69. The summed E-state index contributed by atoms with van der Waals surface area (Å²) in [6.07, 6.45) is 41.6. The molecule has 1 atom stereocenters. The van der Waals surface area contributed by atoms with Gasteiger partial charge in [0.05, 0.1) is 13.2 Å². The highest BCUT2D eigenvalue weighted by Gasteiger charge is 2.13. The van der Waals surface area contributed by atoms with Crippen LogP contribution in [0, 0.1) is 0 Å². The second kappa shape index (κ2) is 36.3. The summed E-state index contributed by atoms with van der Waals surface area (Å²) >= 11 is 0. The van der Waals surface area contributed by atoms with Gasteiger partial charge in [-0.15, -0.1) is 0 Å². The van der Waals surface area contributed by atoms with Crippen LogP contribution in [-0.2, 0) is 9.53 Å². The van der Waals surface area contributed by atoms with Crippen molar-refractivity contribution in [3.05, 3.63) is 0 Å². The maximum atomic E-state index is 12.4. The number of ether oxygens (including phenoxy) is 1. The summed E-state index contributed by atoms with van der Waals surface area (Å²) < 4.78 is 5.80. The molecule has 4 nitrogen and oxygen atoms in total. The van der Waals surface area contributed by atoms with E-state index in [-0.39, 0.29) is 18.7 Å². The highest BCUT2D eigenvalue weighted by Crippen LogP contribution is 2.16. The maximum absolute atomic E-state index is 12.4. The van der Waals surface area contributed by atoms with Gasteiger partial charge in [0.2, 0.25) is 0 Å². The second-order valence-corrected chi connectivity index (χ2v) is 12.9. The van der Waals surface area contributed by atoms with Gasteiger partial charge in [0.1, 0.15) is 6.10 Å². The first-order valence-corrected chi connectivity index (χ1v) is 19.0. The van der Waals surface area contributed by atoms with E-state index in [0.29, 0.717) is 13.0 Å². The molecule has 0 aromatic heterocycles. The van der Waals surface area contributed by atoms with Gasteiger partial charge in [-0.25, -0.2) is 0 Å². The first kappa shape index (κ1) is 41.1. The number of hydrogen-bond acceptors (Lipinski definition) is 4. The number of aliphatic hydroxyl groups is 1. The Hall–Kier alpha value is -0.900. The number of aliphatic hydroxyl groups excluding tert-OH is 1. The molecule has 0 amide bonds. The fourth-order valence-corrected chi connectivity index (χ4v) is 5.89. The standard InChI is InChI=1S/C38H75NO3/c1-3-5-7-9-11-13-15-17-19-21-23-25-27-29-31-33-38(41)42-37(36-39-34-35-40)32-30-28-26-24-22-20-18-16-14-12-10-8-6-4-2/h34,37,40H,3-33,35-36H2,1-2H3. The minimum atomic E-state index is -0.144. The van der Waals surface area contributed by atoms with Crippen LogP contribution in [0.3, 0.4) is 0 Å². The Morgan fingerprint density at radius 2 is 0.881 bits per heavy atom. The molecule has 0 aliphatic rings. The van der Waals surface area contributed by atoms with Crippen molar-refractivity contribution in [1.29, 1.82) is 0 Å². The predicted molar refractivity (Wildman–Crippen MR) is 185 cm³/mol. The number of carbonyl (C=O) groups is 1. The molecule has 42 heavy (non-hydrogen) atoms. The van der Waals surface area contributed by atoms with Crippen LogP contribution in [0.2, 0.25) is 0 Å². The summed E-state index contributed by atoms with van der Waals surface area (Å²) in [5.74, 6) is -0.0701. The van der Waals surface area contributed by atoms with Crippen molar-refractivity contribution in [2.45, 2.75) is 219 Å². The van der Waals surface area contributed by atoms with Crippen LogP contribution in [0.25, 0.3) is 0 Å². The summed E-state index contributed by atoms with van der Waals surface area (Å²) in [7, 11) is 0. The summed E-state index contributed by atoms with van der Waals surface area (Å²) in [6, 6.07) is 0. The summed E-state index contributed by atoms with van der Waals surface area (Å²) in [4.78, 5) is 16.7.